The Morgan fingerprint density at radius 1 is 1.03 bits per heavy atom. The van der Waals surface area contributed by atoms with E-state index in [0.29, 0.717) is 40.3 Å². The smallest absolute Gasteiger partial charge is 0.338 e. The number of carbonyl (C=O) groups is 2. The molecule has 2 aromatic heterocycles. The first-order valence-corrected chi connectivity index (χ1v) is 9.73. The number of aromatic carboxylic acids is 1. The maximum Gasteiger partial charge on any atom is 0.338 e. The lowest BCUT2D eigenvalue weighted by Crippen LogP contribution is -2.03. The molecule has 0 amide bonds. The molecule has 0 saturated carbocycles. The maximum absolute atomic E-state index is 11.8. The van der Waals surface area contributed by atoms with Gasteiger partial charge in [0, 0.05) is 10.9 Å². The summed E-state index contributed by atoms with van der Waals surface area (Å²) in [6.45, 7) is 2.09. The fraction of sp³-hybridized carbons (Fsp3) is 0.0800. The topological polar surface area (TPSA) is 89.6 Å². The summed E-state index contributed by atoms with van der Waals surface area (Å²) < 4.78 is 10.8. The van der Waals surface area contributed by atoms with Gasteiger partial charge in [0.1, 0.15) is 11.5 Å². The number of fused-ring (bicyclic) bond motifs is 1. The predicted octanol–water partition coefficient (Wildman–Crippen LogP) is 5.54. The molecule has 1 N–H and O–H groups in total. The highest BCUT2D eigenvalue weighted by molar-refractivity contribution is 6.03. The van der Waals surface area contributed by atoms with E-state index < -0.39 is 5.97 Å². The van der Waals surface area contributed by atoms with E-state index >= 15 is 0 Å². The van der Waals surface area contributed by atoms with Crippen molar-refractivity contribution >= 4 is 35.0 Å². The summed E-state index contributed by atoms with van der Waals surface area (Å²) in [6.07, 6.45) is 3.45. The van der Waals surface area contributed by atoms with Gasteiger partial charge in [-0.15, -0.1) is 0 Å². The van der Waals surface area contributed by atoms with Crippen molar-refractivity contribution in [3.8, 4) is 11.3 Å². The molecule has 4 rings (SSSR count). The molecule has 0 atom stereocenters. The second-order valence-electron chi connectivity index (χ2n) is 6.75. The van der Waals surface area contributed by atoms with Crippen molar-refractivity contribution < 1.29 is 23.8 Å². The van der Waals surface area contributed by atoms with Gasteiger partial charge in [-0.3, -0.25) is 0 Å². The first-order valence-electron chi connectivity index (χ1n) is 9.73. The Bertz CT molecular complexity index is 1290. The molecule has 6 heteroatoms. The molecule has 0 fully saturated rings. The van der Waals surface area contributed by atoms with Crippen LogP contribution in [0.25, 0.3) is 34.4 Å². The molecule has 0 radical (unpaired) electrons. The Kier molecular flexibility index (Phi) is 5.62. The van der Waals surface area contributed by atoms with Gasteiger partial charge < -0.3 is 14.3 Å². The quantitative estimate of drug-likeness (QED) is 0.418. The zero-order chi connectivity index (χ0) is 21.8. The zero-order valence-corrected chi connectivity index (χ0v) is 16.7. The summed E-state index contributed by atoms with van der Waals surface area (Å²) in [6, 6.07) is 19.3. The number of carbonyl (C=O) groups excluding carboxylic acids is 1. The number of rotatable bonds is 6. The SMILES string of the molecule is CCOC(=O)c1ccc(-c2ccc(/C=C/c3cc(C(=O)O)c4ccccc4n3)o2)cc1. The number of esters is 1. The number of carboxylic acids is 1. The first kappa shape index (κ1) is 20.1. The van der Waals surface area contributed by atoms with Gasteiger partial charge in [0.15, 0.2) is 0 Å². The highest BCUT2D eigenvalue weighted by atomic mass is 16.5. The van der Waals surface area contributed by atoms with Crippen LogP contribution in [0, 0.1) is 0 Å². The molecule has 0 unspecified atom stereocenters. The molecule has 2 aromatic carbocycles. The summed E-state index contributed by atoms with van der Waals surface area (Å²) in [5.74, 6) is -0.121. The van der Waals surface area contributed by atoms with Crippen LogP contribution in [0.4, 0.5) is 0 Å². The van der Waals surface area contributed by atoms with E-state index in [9.17, 15) is 14.7 Å². The monoisotopic (exact) mass is 413 g/mol. The van der Waals surface area contributed by atoms with E-state index in [-0.39, 0.29) is 11.5 Å². The van der Waals surface area contributed by atoms with Crippen LogP contribution < -0.4 is 0 Å². The third-order valence-corrected chi connectivity index (χ3v) is 4.69. The van der Waals surface area contributed by atoms with Crippen LogP contribution in [0.1, 0.15) is 39.1 Å². The number of ether oxygens (including phenoxy) is 1. The Hall–Kier alpha value is -4.19. The van der Waals surface area contributed by atoms with Crippen LogP contribution in [0.3, 0.4) is 0 Å². The number of carboxylic acid groups (broad SMARTS) is 1. The number of hydrogen-bond acceptors (Lipinski definition) is 5. The minimum absolute atomic E-state index is 0.201. The number of para-hydroxylation sites is 1. The van der Waals surface area contributed by atoms with Crippen molar-refractivity contribution in [1.29, 1.82) is 0 Å². The van der Waals surface area contributed by atoms with Crippen molar-refractivity contribution in [1.82, 2.24) is 4.98 Å². The number of furan rings is 1. The standard InChI is InChI=1S/C25H19NO5/c1-2-30-25(29)17-9-7-16(8-10-17)23-14-13-19(31-23)12-11-18-15-21(24(27)28)20-5-3-4-6-22(20)26-18/h3-15H,2H2,1H3,(H,27,28)/b12-11+. The van der Waals surface area contributed by atoms with Gasteiger partial charge in [-0.25, -0.2) is 14.6 Å². The first-order chi connectivity index (χ1) is 15.0. The summed E-state index contributed by atoms with van der Waals surface area (Å²) in [5.41, 5.74) is 2.64. The molecule has 6 nitrogen and oxygen atoms in total. The minimum atomic E-state index is -1.00. The second-order valence-corrected chi connectivity index (χ2v) is 6.75. The molecule has 0 aliphatic heterocycles. The van der Waals surface area contributed by atoms with Crippen molar-refractivity contribution in [3.63, 3.8) is 0 Å². The highest BCUT2D eigenvalue weighted by Gasteiger charge is 2.11. The third kappa shape index (κ3) is 4.38. The van der Waals surface area contributed by atoms with Gasteiger partial charge in [0.2, 0.25) is 0 Å². The van der Waals surface area contributed by atoms with Crippen molar-refractivity contribution in [3.05, 3.63) is 89.3 Å². The van der Waals surface area contributed by atoms with E-state index in [1.165, 1.54) is 0 Å². The van der Waals surface area contributed by atoms with Crippen LogP contribution in [-0.2, 0) is 4.74 Å². The number of nitrogens with zero attached hydrogens (tertiary/aromatic N) is 1. The van der Waals surface area contributed by atoms with Crippen LogP contribution in [0.5, 0.6) is 0 Å². The Labute approximate surface area is 178 Å². The van der Waals surface area contributed by atoms with Gasteiger partial charge in [-0.05, 0) is 55.5 Å². The lowest BCUT2D eigenvalue weighted by molar-refractivity contribution is 0.0526. The lowest BCUT2D eigenvalue weighted by atomic mass is 10.1. The lowest BCUT2D eigenvalue weighted by Gasteiger charge is -2.04. The van der Waals surface area contributed by atoms with Gasteiger partial charge in [0.05, 0.1) is 28.9 Å². The molecule has 0 bridgehead atoms. The molecule has 0 spiro atoms. The van der Waals surface area contributed by atoms with Crippen molar-refractivity contribution in [2.24, 2.45) is 0 Å². The Balaban J connectivity index is 1.57. The largest absolute Gasteiger partial charge is 0.478 e. The summed E-state index contributed by atoms with van der Waals surface area (Å²) in [4.78, 5) is 27.9. The average molecular weight is 413 g/mol. The molecule has 31 heavy (non-hydrogen) atoms. The number of aromatic nitrogens is 1. The molecular weight excluding hydrogens is 394 g/mol. The molecule has 0 aliphatic carbocycles. The maximum atomic E-state index is 11.8. The van der Waals surface area contributed by atoms with E-state index in [4.69, 9.17) is 9.15 Å². The third-order valence-electron chi connectivity index (χ3n) is 4.69. The molecule has 0 aliphatic rings. The predicted molar refractivity (Wildman–Crippen MR) is 118 cm³/mol. The molecule has 2 heterocycles. The van der Waals surface area contributed by atoms with Gasteiger partial charge in [-0.2, -0.15) is 0 Å². The van der Waals surface area contributed by atoms with Crippen molar-refractivity contribution in [2.45, 2.75) is 6.92 Å². The van der Waals surface area contributed by atoms with Crippen LogP contribution >= 0.6 is 0 Å². The van der Waals surface area contributed by atoms with Gasteiger partial charge in [0.25, 0.3) is 0 Å². The van der Waals surface area contributed by atoms with Crippen LogP contribution in [-0.4, -0.2) is 28.6 Å². The van der Waals surface area contributed by atoms with Crippen LogP contribution in [0.2, 0.25) is 0 Å². The fourth-order valence-corrected chi connectivity index (χ4v) is 3.21. The average Bonchev–Trinajstić information content (AvgIpc) is 3.26. The van der Waals surface area contributed by atoms with E-state index in [2.05, 4.69) is 4.98 Å². The summed E-state index contributed by atoms with van der Waals surface area (Å²) in [7, 11) is 0. The normalized spacial score (nSPS) is 11.1. The summed E-state index contributed by atoms with van der Waals surface area (Å²) >= 11 is 0. The number of pyridine rings is 1. The zero-order valence-electron chi connectivity index (χ0n) is 16.7. The number of hydrogen-bond donors (Lipinski definition) is 1. The summed E-state index contributed by atoms with van der Waals surface area (Å²) in [5, 5.41) is 10.1. The van der Waals surface area contributed by atoms with E-state index in [0.717, 1.165) is 5.56 Å². The van der Waals surface area contributed by atoms with Crippen LogP contribution in [0.15, 0.2) is 71.1 Å². The minimum Gasteiger partial charge on any atom is -0.478 e. The van der Waals surface area contributed by atoms with Gasteiger partial charge >= 0.3 is 11.9 Å². The molecule has 0 saturated heterocycles. The van der Waals surface area contributed by atoms with Crippen molar-refractivity contribution in [2.75, 3.05) is 6.61 Å². The number of benzene rings is 2. The fourth-order valence-electron chi connectivity index (χ4n) is 3.21. The highest BCUT2D eigenvalue weighted by Crippen LogP contribution is 2.25. The Morgan fingerprint density at radius 3 is 2.55 bits per heavy atom. The van der Waals surface area contributed by atoms with E-state index in [1.54, 1.807) is 67.6 Å². The molecule has 4 aromatic rings. The van der Waals surface area contributed by atoms with Gasteiger partial charge in [-0.1, -0.05) is 30.3 Å². The van der Waals surface area contributed by atoms with E-state index in [1.807, 2.05) is 18.2 Å². The second kappa shape index (κ2) is 8.67. The molecule has 154 valence electrons. The molecular formula is C25H19NO5. The Morgan fingerprint density at radius 2 is 1.81 bits per heavy atom.